The Hall–Kier alpha value is -2.55. The minimum Gasteiger partial charge on any atom is -0.451 e. The predicted octanol–water partition coefficient (Wildman–Crippen LogP) is 4.54. The van der Waals surface area contributed by atoms with Gasteiger partial charge in [0.2, 0.25) is 0 Å². The van der Waals surface area contributed by atoms with Crippen LogP contribution in [0, 0.1) is 13.8 Å². The van der Waals surface area contributed by atoms with E-state index >= 15 is 0 Å². The Morgan fingerprint density at radius 3 is 2.64 bits per heavy atom. The van der Waals surface area contributed by atoms with Crippen LogP contribution in [0.1, 0.15) is 40.2 Å². The first-order valence-electron chi connectivity index (χ1n) is 7.41. The average molecular weight is 293 g/mol. The number of furan rings is 1. The second-order valence-corrected chi connectivity index (χ2v) is 5.70. The number of rotatable bonds is 3. The molecule has 3 nitrogen and oxygen atoms in total. The SMILES string of the molecule is Cc1ccc(C)c([C@H](C)NC(=O)c2cc3ccccc3o2)c1. The third-order valence-electron chi connectivity index (χ3n) is 3.90. The van der Waals surface area contributed by atoms with Gasteiger partial charge in [0.25, 0.3) is 5.91 Å². The van der Waals surface area contributed by atoms with Gasteiger partial charge in [-0.3, -0.25) is 4.79 Å². The molecular formula is C19H19NO2. The molecular weight excluding hydrogens is 274 g/mol. The molecule has 0 bridgehead atoms. The molecule has 0 saturated heterocycles. The normalized spacial score (nSPS) is 12.3. The van der Waals surface area contributed by atoms with Gasteiger partial charge in [0.05, 0.1) is 6.04 Å². The van der Waals surface area contributed by atoms with Crippen molar-refractivity contribution in [3.05, 3.63) is 71.0 Å². The molecule has 1 amide bonds. The van der Waals surface area contributed by atoms with Crippen LogP contribution in [0.25, 0.3) is 11.0 Å². The zero-order chi connectivity index (χ0) is 15.7. The van der Waals surface area contributed by atoms with E-state index in [0.29, 0.717) is 5.76 Å². The lowest BCUT2D eigenvalue weighted by Crippen LogP contribution is -2.26. The molecule has 22 heavy (non-hydrogen) atoms. The Kier molecular flexibility index (Phi) is 3.72. The minimum atomic E-state index is -0.190. The fourth-order valence-electron chi connectivity index (χ4n) is 2.67. The van der Waals surface area contributed by atoms with E-state index in [2.05, 4.69) is 37.4 Å². The van der Waals surface area contributed by atoms with Crippen LogP contribution in [0.4, 0.5) is 0 Å². The molecule has 1 atom stereocenters. The standard InChI is InChI=1S/C19H19NO2/c1-12-8-9-13(2)16(10-12)14(3)20-19(21)18-11-15-6-4-5-7-17(15)22-18/h4-11,14H,1-3H3,(H,20,21)/t14-/m0/s1. The summed E-state index contributed by atoms with van der Waals surface area (Å²) in [6, 6.07) is 15.6. The Bertz CT molecular complexity index is 799. The number of nitrogens with one attached hydrogen (secondary N) is 1. The second-order valence-electron chi connectivity index (χ2n) is 5.70. The summed E-state index contributed by atoms with van der Waals surface area (Å²) in [5.74, 6) is 0.156. The van der Waals surface area contributed by atoms with Crippen molar-refractivity contribution in [2.24, 2.45) is 0 Å². The number of para-hydroxylation sites is 1. The molecule has 0 aliphatic rings. The summed E-state index contributed by atoms with van der Waals surface area (Å²) < 4.78 is 5.61. The maximum Gasteiger partial charge on any atom is 0.287 e. The highest BCUT2D eigenvalue weighted by molar-refractivity contribution is 5.96. The van der Waals surface area contributed by atoms with Crippen LogP contribution in [0.2, 0.25) is 0 Å². The summed E-state index contributed by atoms with van der Waals surface area (Å²) in [7, 11) is 0. The van der Waals surface area contributed by atoms with Crippen molar-refractivity contribution in [2.45, 2.75) is 26.8 Å². The Labute approximate surface area is 130 Å². The first-order valence-corrected chi connectivity index (χ1v) is 7.41. The van der Waals surface area contributed by atoms with Gasteiger partial charge in [0.15, 0.2) is 5.76 Å². The largest absolute Gasteiger partial charge is 0.451 e. The lowest BCUT2D eigenvalue weighted by molar-refractivity contribution is 0.0914. The molecule has 0 spiro atoms. The molecule has 1 aromatic heterocycles. The molecule has 0 saturated carbocycles. The smallest absolute Gasteiger partial charge is 0.287 e. The van der Waals surface area contributed by atoms with Crippen LogP contribution in [0.15, 0.2) is 52.9 Å². The Morgan fingerprint density at radius 2 is 1.86 bits per heavy atom. The summed E-state index contributed by atoms with van der Waals surface area (Å²) in [5, 5.41) is 3.95. The van der Waals surface area contributed by atoms with Crippen molar-refractivity contribution in [3.8, 4) is 0 Å². The molecule has 0 aliphatic heterocycles. The molecule has 3 rings (SSSR count). The minimum absolute atomic E-state index is 0.0689. The zero-order valence-electron chi connectivity index (χ0n) is 13.0. The predicted molar refractivity (Wildman–Crippen MR) is 88.0 cm³/mol. The van der Waals surface area contributed by atoms with Crippen LogP contribution in [0.5, 0.6) is 0 Å². The van der Waals surface area contributed by atoms with E-state index in [4.69, 9.17) is 4.42 Å². The van der Waals surface area contributed by atoms with E-state index in [-0.39, 0.29) is 11.9 Å². The van der Waals surface area contributed by atoms with Gasteiger partial charge in [0.1, 0.15) is 5.58 Å². The molecule has 0 unspecified atom stereocenters. The fourth-order valence-corrected chi connectivity index (χ4v) is 2.67. The highest BCUT2D eigenvalue weighted by atomic mass is 16.3. The number of carbonyl (C=O) groups is 1. The van der Waals surface area contributed by atoms with E-state index in [1.54, 1.807) is 6.07 Å². The summed E-state index contributed by atoms with van der Waals surface area (Å²) in [4.78, 5) is 12.4. The van der Waals surface area contributed by atoms with Crippen molar-refractivity contribution in [2.75, 3.05) is 0 Å². The van der Waals surface area contributed by atoms with Gasteiger partial charge in [0, 0.05) is 5.39 Å². The van der Waals surface area contributed by atoms with E-state index in [1.807, 2.05) is 31.2 Å². The van der Waals surface area contributed by atoms with E-state index in [0.717, 1.165) is 16.5 Å². The molecule has 3 heteroatoms. The monoisotopic (exact) mass is 293 g/mol. The van der Waals surface area contributed by atoms with Gasteiger partial charge in [-0.05, 0) is 44.0 Å². The number of aryl methyl sites for hydroxylation is 2. The van der Waals surface area contributed by atoms with E-state index < -0.39 is 0 Å². The molecule has 1 N–H and O–H groups in total. The zero-order valence-corrected chi connectivity index (χ0v) is 13.0. The van der Waals surface area contributed by atoms with Crippen molar-refractivity contribution in [3.63, 3.8) is 0 Å². The highest BCUT2D eigenvalue weighted by Gasteiger charge is 2.16. The van der Waals surface area contributed by atoms with Gasteiger partial charge >= 0.3 is 0 Å². The molecule has 0 radical (unpaired) electrons. The Balaban J connectivity index is 1.82. The third-order valence-corrected chi connectivity index (χ3v) is 3.90. The number of benzene rings is 2. The number of hydrogen-bond donors (Lipinski definition) is 1. The number of carbonyl (C=O) groups excluding carboxylic acids is 1. The quantitative estimate of drug-likeness (QED) is 0.770. The second kappa shape index (κ2) is 5.68. The summed E-state index contributed by atoms with van der Waals surface area (Å²) in [6.45, 7) is 6.09. The van der Waals surface area contributed by atoms with Crippen LogP contribution >= 0.6 is 0 Å². The van der Waals surface area contributed by atoms with Crippen LogP contribution < -0.4 is 5.32 Å². The van der Waals surface area contributed by atoms with Crippen LogP contribution in [-0.2, 0) is 0 Å². The van der Waals surface area contributed by atoms with Crippen LogP contribution in [0.3, 0.4) is 0 Å². The molecule has 0 aliphatic carbocycles. The van der Waals surface area contributed by atoms with Gasteiger partial charge < -0.3 is 9.73 Å². The summed E-state index contributed by atoms with van der Waals surface area (Å²) >= 11 is 0. The van der Waals surface area contributed by atoms with Crippen molar-refractivity contribution < 1.29 is 9.21 Å². The van der Waals surface area contributed by atoms with Gasteiger partial charge in [-0.2, -0.15) is 0 Å². The topological polar surface area (TPSA) is 42.2 Å². The summed E-state index contributed by atoms with van der Waals surface area (Å²) in [6.07, 6.45) is 0. The first kappa shape index (κ1) is 14.4. The highest BCUT2D eigenvalue weighted by Crippen LogP contribution is 2.22. The van der Waals surface area contributed by atoms with Crippen LogP contribution in [-0.4, -0.2) is 5.91 Å². The number of fused-ring (bicyclic) bond motifs is 1. The molecule has 1 heterocycles. The van der Waals surface area contributed by atoms with Crippen molar-refractivity contribution in [1.29, 1.82) is 0 Å². The van der Waals surface area contributed by atoms with Gasteiger partial charge in [-0.1, -0.05) is 42.0 Å². The third kappa shape index (κ3) is 2.75. The first-order chi connectivity index (χ1) is 10.5. The fraction of sp³-hybridized carbons (Fsp3) is 0.211. The van der Waals surface area contributed by atoms with Crippen molar-refractivity contribution in [1.82, 2.24) is 5.32 Å². The summed E-state index contributed by atoms with van der Waals surface area (Å²) in [5.41, 5.74) is 4.21. The molecule has 3 aromatic rings. The lowest BCUT2D eigenvalue weighted by Gasteiger charge is -2.16. The van der Waals surface area contributed by atoms with Crippen molar-refractivity contribution >= 4 is 16.9 Å². The lowest BCUT2D eigenvalue weighted by atomic mass is 10.00. The molecule has 0 fully saturated rings. The molecule has 112 valence electrons. The maximum absolute atomic E-state index is 12.4. The number of amides is 1. The number of hydrogen-bond acceptors (Lipinski definition) is 2. The molecule has 2 aromatic carbocycles. The van der Waals surface area contributed by atoms with E-state index in [9.17, 15) is 4.79 Å². The Morgan fingerprint density at radius 1 is 1.09 bits per heavy atom. The maximum atomic E-state index is 12.4. The van der Waals surface area contributed by atoms with E-state index in [1.165, 1.54) is 11.1 Å². The van der Waals surface area contributed by atoms with Gasteiger partial charge in [-0.15, -0.1) is 0 Å². The van der Waals surface area contributed by atoms with Gasteiger partial charge in [-0.25, -0.2) is 0 Å². The average Bonchev–Trinajstić information content (AvgIpc) is 2.93.